The lowest BCUT2D eigenvalue weighted by Crippen LogP contribution is -2.38. The molecule has 1 aliphatic rings. The molecule has 5 heteroatoms. The second-order valence-corrected chi connectivity index (χ2v) is 4.28. The Labute approximate surface area is 109 Å². The molecule has 2 heterocycles. The van der Waals surface area contributed by atoms with E-state index in [-0.39, 0.29) is 5.91 Å². The van der Waals surface area contributed by atoms with Gasteiger partial charge in [0.1, 0.15) is 5.82 Å². The Morgan fingerprint density at radius 2 is 2.16 bits per heavy atom. The first-order valence-corrected chi connectivity index (χ1v) is 5.81. The highest BCUT2D eigenvalue weighted by Crippen LogP contribution is 2.36. The first-order valence-electron chi connectivity index (χ1n) is 5.81. The van der Waals surface area contributed by atoms with E-state index in [4.69, 9.17) is 4.74 Å². The minimum atomic E-state index is -0.836. The SMILES string of the molecule is CN1C(=O)C(c2cccc(F)c2)Oc2cccnc21. The number of aromatic nitrogens is 1. The van der Waals surface area contributed by atoms with Crippen LogP contribution in [0.3, 0.4) is 0 Å². The van der Waals surface area contributed by atoms with Gasteiger partial charge in [0.2, 0.25) is 6.10 Å². The number of nitrogens with zero attached hydrogens (tertiary/aromatic N) is 2. The van der Waals surface area contributed by atoms with Crippen LogP contribution < -0.4 is 9.64 Å². The zero-order valence-electron chi connectivity index (χ0n) is 10.2. The zero-order chi connectivity index (χ0) is 13.4. The number of rotatable bonds is 1. The summed E-state index contributed by atoms with van der Waals surface area (Å²) in [5.41, 5.74) is 0.492. The largest absolute Gasteiger partial charge is 0.472 e. The molecule has 0 aliphatic carbocycles. The fourth-order valence-electron chi connectivity index (χ4n) is 2.06. The molecule has 1 aromatic heterocycles. The lowest BCUT2D eigenvalue weighted by atomic mass is 10.1. The topological polar surface area (TPSA) is 42.4 Å². The van der Waals surface area contributed by atoms with E-state index in [0.29, 0.717) is 17.1 Å². The Morgan fingerprint density at radius 3 is 2.95 bits per heavy atom. The molecule has 0 N–H and O–H groups in total. The van der Waals surface area contributed by atoms with Gasteiger partial charge in [-0.3, -0.25) is 9.69 Å². The maximum Gasteiger partial charge on any atom is 0.273 e. The number of fused-ring (bicyclic) bond motifs is 1. The normalized spacial score (nSPS) is 17.9. The monoisotopic (exact) mass is 258 g/mol. The van der Waals surface area contributed by atoms with Gasteiger partial charge in [-0.1, -0.05) is 12.1 Å². The predicted octanol–water partition coefficient (Wildman–Crippen LogP) is 2.32. The molecule has 1 unspecified atom stereocenters. The van der Waals surface area contributed by atoms with Gasteiger partial charge < -0.3 is 4.74 Å². The van der Waals surface area contributed by atoms with E-state index >= 15 is 0 Å². The Balaban J connectivity index is 2.04. The lowest BCUT2D eigenvalue weighted by molar-refractivity contribution is -0.126. The molecule has 3 rings (SSSR count). The first kappa shape index (κ1) is 11.6. The number of amides is 1. The van der Waals surface area contributed by atoms with Crippen molar-refractivity contribution in [2.24, 2.45) is 0 Å². The molecular weight excluding hydrogens is 247 g/mol. The first-order chi connectivity index (χ1) is 9.16. The summed E-state index contributed by atoms with van der Waals surface area (Å²) in [5.74, 6) is 0.323. The molecule has 1 amide bonds. The van der Waals surface area contributed by atoms with Crippen LogP contribution in [0, 0.1) is 5.82 Å². The minimum Gasteiger partial charge on any atom is -0.472 e. The van der Waals surface area contributed by atoms with Gasteiger partial charge >= 0.3 is 0 Å². The number of hydrogen-bond acceptors (Lipinski definition) is 3. The molecule has 0 bridgehead atoms. The Morgan fingerprint density at radius 1 is 1.32 bits per heavy atom. The molecule has 2 aromatic rings. The number of benzene rings is 1. The molecular formula is C14H11FN2O2. The molecule has 1 aliphatic heterocycles. The van der Waals surface area contributed by atoms with Crippen LogP contribution in [-0.2, 0) is 4.79 Å². The van der Waals surface area contributed by atoms with Crippen molar-refractivity contribution >= 4 is 11.7 Å². The molecule has 0 saturated carbocycles. The number of carbonyl (C=O) groups excluding carboxylic acids is 1. The van der Waals surface area contributed by atoms with Gasteiger partial charge in [-0.25, -0.2) is 9.37 Å². The number of halogens is 1. The number of hydrogen-bond donors (Lipinski definition) is 0. The summed E-state index contributed by atoms with van der Waals surface area (Å²) < 4.78 is 18.9. The van der Waals surface area contributed by atoms with Gasteiger partial charge in [0.15, 0.2) is 11.6 Å². The summed E-state index contributed by atoms with van der Waals surface area (Å²) in [6, 6.07) is 9.32. The van der Waals surface area contributed by atoms with Crippen LogP contribution in [0.4, 0.5) is 10.2 Å². The summed E-state index contributed by atoms with van der Waals surface area (Å²) in [7, 11) is 1.63. The maximum atomic E-state index is 13.2. The number of ether oxygens (including phenoxy) is 1. The van der Waals surface area contributed by atoms with E-state index in [1.54, 1.807) is 37.5 Å². The van der Waals surface area contributed by atoms with Crippen LogP contribution in [0.1, 0.15) is 11.7 Å². The quantitative estimate of drug-likeness (QED) is 0.788. The van der Waals surface area contributed by atoms with Crippen molar-refractivity contribution in [3.8, 4) is 5.75 Å². The Kier molecular flexibility index (Phi) is 2.67. The van der Waals surface area contributed by atoms with Crippen LogP contribution in [0.15, 0.2) is 42.6 Å². The van der Waals surface area contributed by atoms with Gasteiger partial charge in [-0.15, -0.1) is 0 Å². The molecule has 0 spiro atoms. The molecule has 1 atom stereocenters. The average Bonchev–Trinajstić information content (AvgIpc) is 2.43. The molecule has 0 radical (unpaired) electrons. The maximum absolute atomic E-state index is 13.2. The standard InChI is InChI=1S/C14H11FN2O2/c1-17-13-11(6-3-7-16-13)19-12(14(17)18)9-4-2-5-10(15)8-9/h2-8,12H,1H3. The molecule has 4 nitrogen and oxygen atoms in total. The highest BCUT2D eigenvalue weighted by Gasteiger charge is 2.34. The average molecular weight is 258 g/mol. The summed E-state index contributed by atoms with van der Waals surface area (Å²) in [5, 5.41) is 0. The molecule has 19 heavy (non-hydrogen) atoms. The van der Waals surface area contributed by atoms with Gasteiger partial charge in [0.25, 0.3) is 5.91 Å². The van der Waals surface area contributed by atoms with Crippen molar-refractivity contribution in [1.82, 2.24) is 4.98 Å². The molecule has 0 saturated heterocycles. The van der Waals surface area contributed by atoms with Gasteiger partial charge in [0.05, 0.1) is 0 Å². The number of carbonyl (C=O) groups is 1. The number of likely N-dealkylation sites (N-methyl/N-ethyl adjacent to an activating group) is 1. The third-order valence-electron chi connectivity index (χ3n) is 3.02. The van der Waals surface area contributed by atoms with E-state index in [1.165, 1.54) is 17.0 Å². The van der Waals surface area contributed by atoms with Crippen molar-refractivity contribution in [3.63, 3.8) is 0 Å². The molecule has 0 fully saturated rings. The van der Waals surface area contributed by atoms with E-state index in [1.807, 2.05) is 0 Å². The second-order valence-electron chi connectivity index (χ2n) is 4.28. The highest BCUT2D eigenvalue weighted by atomic mass is 19.1. The molecule has 1 aromatic carbocycles. The Hall–Kier alpha value is -2.43. The van der Waals surface area contributed by atoms with Crippen molar-refractivity contribution in [2.75, 3.05) is 11.9 Å². The number of anilines is 1. The van der Waals surface area contributed by atoms with Crippen molar-refractivity contribution in [1.29, 1.82) is 0 Å². The van der Waals surface area contributed by atoms with E-state index in [9.17, 15) is 9.18 Å². The van der Waals surface area contributed by atoms with Gasteiger partial charge in [0, 0.05) is 18.8 Å². The van der Waals surface area contributed by atoms with Crippen LogP contribution >= 0.6 is 0 Å². The number of pyridine rings is 1. The summed E-state index contributed by atoms with van der Waals surface area (Å²) in [4.78, 5) is 17.8. The van der Waals surface area contributed by atoms with Crippen molar-refractivity contribution in [2.45, 2.75) is 6.10 Å². The summed E-state index contributed by atoms with van der Waals surface area (Å²) in [6.45, 7) is 0. The van der Waals surface area contributed by atoms with E-state index < -0.39 is 11.9 Å². The van der Waals surface area contributed by atoms with Crippen molar-refractivity contribution in [3.05, 3.63) is 54.0 Å². The Bertz CT molecular complexity index is 645. The van der Waals surface area contributed by atoms with E-state index in [2.05, 4.69) is 4.98 Å². The van der Waals surface area contributed by atoms with Crippen LogP contribution in [-0.4, -0.2) is 17.9 Å². The van der Waals surface area contributed by atoms with Gasteiger partial charge in [-0.2, -0.15) is 0 Å². The van der Waals surface area contributed by atoms with Gasteiger partial charge in [-0.05, 0) is 24.3 Å². The molecule has 96 valence electrons. The second kappa shape index (κ2) is 4.35. The smallest absolute Gasteiger partial charge is 0.273 e. The summed E-state index contributed by atoms with van der Waals surface area (Å²) in [6.07, 6.45) is 0.756. The highest BCUT2D eigenvalue weighted by molar-refractivity contribution is 5.99. The third-order valence-corrected chi connectivity index (χ3v) is 3.02. The van der Waals surface area contributed by atoms with Crippen LogP contribution in [0.2, 0.25) is 0 Å². The van der Waals surface area contributed by atoms with Crippen LogP contribution in [0.5, 0.6) is 5.75 Å². The fraction of sp³-hybridized carbons (Fsp3) is 0.143. The summed E-state index contributed by atoms with van der Waals surface area (Å²) >= 11 is 0. The van der Waals surface area contributed by atoms with Crippen LogP contribution in [0.25, 0.3) is 0 Å². The van der Waals surface area contributed by atoms with E-state index in [0.717, 1.165) is 0 Å². The lowest BCUT2D eigenvalue weighted by Gasteiger charge is -2.30. The minimum absolute atomic E-state index is 0.267. The van der Waals surface area contributed by atoms with Crippen molar-refractivity contribution < 1.29 is 13.9 Å². The zero-order valence-corrected chi connectivity index (χ0v) is 10.2. The fourth-order valence-corrected chi connectivity index (χ4v) is 2.06. The predicted molar refractivity (Wildman–Crippen MR) is 67.4 cm³/mol. The third kappa shape index (κ3) is 1.93.